The van der Waals surface area contributed by atoms with E-state index in [4.69, 9.17) is 9.47 Å². The van der Waals surface area contributed by atoms with Crippen LogP contribution in [0.5, 0.6) is 11.5 Å². The van der Waals surface area contributed by atoms with Gasteiger partial charge in [-0.05, 0) is 60.0 Å². The minimum atomic E-state index is -0.861. The SMILES string of the molecule is COc1c(C)cc(-c2cccc(F)c2)cc1CNc1c(F)ccc(OC2=NC=C2)c1F. The summed E-state index contributed by atoms with van der Waals surface area (Å²) < 4.78 is 53.6. The lowest BCUT2D eigenvalue weighted by molar-refractivity contribution is 0.407. The molecule has 3 aromatic rings. The van der Waals surface area contributed by atoms with Crippen molar-refractivity contribution in [1.29, 1.82) is 0 Å². The first-order valence-corrected chi connectivity index (χ1v) is 9.54. The smallest absolute Gasteiger partial charge is 0.220 e. The first kappa shape index (κ1) is 20.5. The summed E-state index contributed by atoms with van der Waals surface area (Å²) in [4.78, 5) is 3.82. The number of aliphatic imine (C=N–C) groups is 1. The second-order valence-corrected chi connectivity index (χ2v) is 6.97. The molecule has 0 bridgehead atoms. The summed E-state index contributed by atoms with van der Waals surface area (Å²) in [5.74, 6) is -1.28. The van der Waals surface area contributed by atoms with Crippen LogP contribution in [0.25, 0.3) is 11.1 Å². The fourth-order valence-electron chi connectivity index (χ4n) is 3.37. The summed E-state index contributed by atoms with van der Waals surface area (Å²) >= 11 is 0. The zero-order valence-corrected chi connectivity index (χ0v) is 16.9. The van der Waals surface area contributed by atoms with Gasteiger partial charge in [-0.1, -0.05) is 12.1 Å². The van der Waals surface area contributed by atoms with Gasteiger partial charge in [-0.3, -0.25) is 0 Å². The van der Waals surface area contributed by atoms with E-state index in [2.05, 4.69) is 10.3 Å². The highest BCUT2D eigenvalue weighted by Crippen LogP contribution is 2.33. The van der Waals surface area contributed by atoms with E-state index in [-0.39, 0.29) is 29.7 Å². The number of hydrogen-bond donors (Lipinski definition) is 1. The summed E-state index contributed by atoms with van der Waals surface area (Å²) in [5.41, 5.74) is 2.61. The van der Waals surface area contributed by atoms with E-state index < -0.39 is 11.6 Å². The van der Waals surface area contributed by atoms with Crippen molar-refractivity contribution < 1.29 is 22.6 Å². The highest BCUT2D eigenvalue weighted by Gasteiger charge is 2.18. The zero-order chi connectivity index (χ0) is 22.0. The van der Waals surface area contributed by atoms with Crippen LogP contribution in [0.15, 0.2) is 65.8 Å². The Hall–Kier alpha value is -3.74. The molecule has 0 aliphatic carbocycles. The van der Waals surface area contributed by atoms with Gasteiger partial charge < -0.3 is 14.8 Å². The molecule has 31 heavy (non-hydrogen) atoms. The van der Waals surface area contributed by atoms with E-state index in [0.29, 0.717) is 16.9 Å². The molecule has 0 aromatic heterocycles. The third-order valence-electron chi connectivity index (χ3n) is 4.86. The molecule has 1 N–H and O–H groups in total. The Morgan fingerprint density at radius 1 is 1.00 bits per heavy atom. The lowest BCUT2D eigenvalue weighted by atomic mass is 9.99. The maximum Gasteiger partial charge on any atom is 0.220 e. The second-order valence-electron chi connectivity index (χ2n) is 6.97. The van der Waals surface area contributed by atoms with Gasteiger partial charge in [0, 0.05) is 24.4 Å². The number of hydrogen-bond acceptors (Lipinski definition) is 4. The van der Waals surface area contributed by atoms with Crippen LogP contribution >= 0.6 is 0 Å². The van der Waals surface area contributed by atoms with Crippen LogP contribution in [0, 0.1) is 24.4 Å². The molecule has 0 saturated carbocycles. The van der Waals surface area contributed by atoms with Gasteiger partial charge in [-0.2, -0.15) is 0 Å². The molecule has 0 radical (unpaired) electrons. The lowest BCUT2D eigenvalue weighted by Crippen LogP contribution is -2.12. The maximum atomic E-state index is 14.8. The Balaban J connectivity index is 1.64. The van der Waals surface area contributed by atoms with Crippen molar-refractivity contribution in [3.63, 3.8) is 0 Å². The molecule has 4 rings (SSSR count). The highest BCUT2D eigenvalue weighted by atomic mass is 19.1. The quantitative estimate of drug-likeness (QED) is 0.527. The van der Waals surface area contributed by atoms with E-state index in [0.717, 1.165) is 17.2 Å². The van der Waals surface area contributed by atoms with Crippen molar-refractivity contribution >= 4 is 11.6 Å². The van der Waals surface area contributed by atoms with Gasteiger partial charge in [-0.25, -0.2) is 18.2 Å². The van der Waals surface area contributed by atoms with E-state index in [9.17, 15) is 13.2 Å². The van der Waals surface area contributed by atoms with Crippen LogP contribution < -0.4 is 14.8 Å². The van der Waals surface area contributed by atoms with Crippen LogP contribution in [-0.4, -0.2) is 13.0 Å². The predicted molar refractivity (Wildman–Crippen MR) is 114 cm³/mol. The Bertz CT molecular complexity index is 1210. The first-order chi connectivity index (χ1) is 15.0. The van der Waals surface area contributed by atoms with Gasteiger partial charge in [0.15, 0.2) is 11.6 Å². The van der Waals surface area contributed by atoms with Crippen LogP contribution in [0.2, 0.25) is 0 Å². The van der Waals surface area contributed by atoms with Crippen LogP contribution in [0.1, 0.15) is 11.1 Å². The Morgan fingerprint density at radius 3 is 2.48 bits per heavy atom. The fourth-order valence-corrected chi connectivity index (χ4v) is 3.37. The summed E-state index contributed by atoms with van der Waals surface area (Å²) in [6, 6.07) is 12.2. The molecule has 1 aliphatic heterocycles. The molecular formula is C24H19F3N2O2. The van der Waals surface area contributed by atoms with Crippen molar-refractivity contribution in [2.75, 3.05) is 12.4 Å². The number of aryl methyl sites for hydroxylation is 1. The molecular weight excluding hydrogens is 405 g/mol. The second kappa shape index (κ2) is 8.55. The van der Waals surface area contributed by atoms with E-state index in [1.807, 2.05) is 13.0 Å². The molecule has 4 nitrogen and oxygen atoms in total. The van der Waals surface area contributed by atoms with Crippen LogP contribution in [0.3, 0.4) is 0 Å². The Kier molecular flexibility index (Phi) is 5.66. The average Bonchev–Trinajstić information content (AvgIpc) is 2.71. The minimum absolute atomic E-state index is 0.0747. The third-order valence-corrected chi connectivity index (χ3v) is 4.86. The summed E-state index contributed by atoms with van der Waals surface area (Å²) in [5, 5.41) is 2.80. The van der Waals surface area contributed by atoms with Gasteiger partial charge in [-0.15, -0.1) is 0 Å². The fraction of sp³-hybridized carbons (Fsp3) is 0.125. The Labute approximate surface area is 177 Å². The van der Waals surface area contributed by atoms with Crippen LogP contribution in [0.4, 0.5) is 18.9 Å². The normalized spacial score (nSPS) is 12.2. The number of rotatable bonds is 6. The number of methoxy groups -OCH3 is 1. The zero-order valence-electron chi connectivity index (χ0n) is 16.9. The molecule has 0 atom stereocenters. The van der Waals surface area contributed by atoms with Gasteiger partial charge >= 0.3 is 0 Å². The predicted octanol–water partition coefficient (Wildman–Crippen LogP) is 6.00. The number of ether oxygens (including phenoxy) is 2. The van der Waals surface area contributed by atoms with Crippen molar-refractivity contribution in [2.24, 2.45) is 4.99 Å². The molecule has 0 amide bonds. The van der Waals surface area contributed by atoms with Gasteiger partial charge in [0.25, 0.3) is 0 Å². The molecule has 0 fully saturated rings. The number of benzene rings is 3. The van der Waals surface area contributed by atoms with E-state index in [1.165, 1.54) is 31.5 Å². The Morgan fingerprint density at radius 2 is 1.81 bits per heavy atom. The maximum absolute atomic E-state index is 14.8. The molecule has 1 heterocycles. The monoisotopic (exact) mass is 424 g/mol. The molecule has 3 aromatic carbocycles. The largest absolute Gasteiger partial charge is 0.496 e. The van der Waals surface area contributed by atoms with Crippen molar-refractivity contribution in [3.05, 3.63) is 89.4 Å². The molecule has 0 spiro atoms. The number of nitrogens with one attached hydrogen (secondary N) is 1. The molecule has 158 valence electrons. The molecule has 0 saturated heterocycles. The topological polar surface area (TPSA) is 42.8 Å². The van der Waals surface area contributed by atoms with Gasteiger partial charge in [0.2, 0.25) is 5.90 Å². The highest BCUT2D eigenvalue weighted by molar-refractivity contribution is 5.94. The van der Waals surface area contributed by atoms with E-state index in [1.54, 1.807) is 24.3 Å². The number of anilines is 1. The van der Waals surface area contributed by atoms with Gasteiger partial charge in [0.05, 0.1) is 7.11 Å². The lowest BCUT2D eigenvalue weighted by Gasteiger charge is -2.17. The van der Waals surface area contributed by atoms with Crippen molar-refractivity contribution in [3.8, 4) is 22.6 Å². The summed E-state index contributed by atoms with van der Waals surface area (Å²) in [6.07, 6.45) is 3.08. The van der Waals surface area contributed by atoms with Gasteiger partial charge in [0.1, 0.15) is 23.1 Å². The average molecular weight is 424 g/mol. The molecule has 0 unspecified atom stereocenters. The molecule has 1 aliphatic rings. The standard InChI is InChI=1S/C24H19F3N2O2/c1-14-10-16(15-4-3-5-18(25)12-15)11-17(24(14)30-2)13-29-23-19(26)6-7-20(22(23)27)31-21-8-9-28-21/h3-12,29H,13H2,1-2H3. The molecule has 7 heteroatoms. The van der Waals surface area contributed by atoms with Crippen molar-refractivity contribution in [2.45, 2.75) is 13.5 Å². The number of nitrogens with zero attached hydrogens (tertiary/aromatic N) is 1. The van der Waals surface area contributed by atoms with Crippen molar-refractivity contribution in [1.82, 2.24) is 0 Å². The summed E-state index contributed by atoms with van der Waals surface area (Å²) in [7, 11) is 1.52. The minimum Gasteiger partial charge on any atom is -0.496 e. The summed E-state index contributed by atoms with van der Waals surface area (Å²) in [6.45, 7) is 1.93. The first-order valence-electron chi connectivity index (χ1n) is 9.54. The number of halogens is 3. The van der Waals surface area contributed by atoms with Crippen LogP contribution in [-0.2, 0) is 6.54 Å². The third kappa shape index (κ3) is 4.26. The van der Waals surface area contributed by atoms with E-state index >= 15 is 0 Å².